The van der Waals surface area contributed by atoms with E-state index in [1.807, 2.05) is 13.8 Å². The van der Waals surface area contributed by atoms with Crippen molar-refractivity contribution in [3.05, 3.63) is 48.0 Å². The van der Waals surface area contributed by atoms with Gasteiger partial charge in [0.1, 0.15) is 5.57 Å². The molecule has 5 nitrogen and oxygen atoms in total. The number of amides is 2. The summed E-state index contributed by atoms with van der Waals surface area (Å²) < 4.78 is 4.93. The minimum atomic E-state index is -0.353. The molecule has 2 heterocycles. The zero-order valence-electron chi connectivity index (χ0n) is 11.9. The van der Waals surface area contributed by atoms with Gasteiger partial charge in [-0.05, 0) is 49.9 Å². The fourth-order valence-corrected chi connectivity index (χ4v) is 2.45. The van der Waals surface area contributed by atoms with Gasteiger partial charge in [-0.2, -0.15) is 0 Å². The Morgan fingerprint density at radius 1 is 1.05 bits per heavy atom. The molecule has 0 radical (unpaired) electrons. The molecule has 0 spiro atoms. The van der Waals surface area contributed by atoms with Gasteiger partial charge in [-0.1, -0.05) is 6.08 Å². The Kier molecular flexibility index (Phi) is 4.70. The number of hydrogen-bond donors (Lipinski definition) is 0. The number of rotatable bonds is 3. The highest BCUT2D eigenvalue weighted by Gasteiger charge is 2.37. The van der Waals surface area contributed by atoms with Crippen molar-refractivity contribution in [2.24, 2.45) is 0 Å². The highest BCUT2D eigenvalue weighted by Crippen LogP contribution is 2.18. The molecule has 2 rings (SSSR count). The largest absolute Gasteiger partial charge is 0.473 e. The lowest BCUT2D eigenvalue weighted by molar-refractivity contribution is -0.133. The quantitative estimate of drug-likeness (QED) is 0.454. The van der Waals surface area contributed by atoms with Crippen LogP contribution in [0.2, 0.25) is 0 Å². The molecule has 110 valence electrons. The summed E-state index contributed by atoms with van der Waals surface area (Å²) >= 11 is 5.19. The summed E-state index contributed by atoms with van der Waals surface area (Å²) in [7, 11) is 0. The minimum Gasteiger partial charge on any atom is -0.473 e. The third-order valence-corrected chi connectivity index (χ3v) is 3.61. The van der Waals surface area contributed by atoms with Crippen molar-refractivity contribution in [2.45, 2.75) is 13.8 Å². The Morgan fingerprint density at radius 2 is 1.57 bits per heavy atom. The Labute approximate surface area is 128 Å². The molecule has 2 aliphatic rings. The molecule has 0 unspecified atom stereocenters. The van der Waals surface area contributed by atoms with Crippen molar-refractivity contribution in [3.8, 4) is 0 Å². The van der Waals surface area contributed by atoms with Crippen LogP contribution in [0.25, 0.3) is 0 Å². The van der Waals surface area contributed by atoms with Gasteiger partial charge in [-0.15, -0.1) is 0 Å². The summed E-state index contributed by atoms with van der Waals surface area (Å²) in [6.07, 6.45) is 9.79. The zero-order chi connectivity index (χ0) is 15.4. The molecular formula is C15H16N2O3S. The van der Waals surface area contributed by atoms with Crippen LogP contribution < -0.4 is 0 Å². The molecule has 2 aliphatic heterocycles. The van der Waals surface area contributed by atoms with E-state index in [9.17, 15) is 9.59 Å². The van der Waals surface area contributed by atoms with Crippen LogP contribution in [0.4, 0.5) is 0 Å². The Hall–Kier alpha value is -2.21. The number of ether oxygens (including phenoxy) is 1. The van der Waals surface area contributed by atoms with Crippen LogP contribution in [0.1, 0.15) is 13.8 Å². The maximum Gasteiger partial charge on any atom is 0.265 e. The average Bonchev–Trinajstić information content (AvgIpc) is 2.49. The Morgan fingerprint density at radius 3 is 2.05 bits per heavy atom. The lowest BCUT2D eigenvalue weighted by atomic mass is 10.1. The predicted octanol–water partition coefficient (Wildman–Crippen LogP) is 1.89. The summed E-state index contributed by atoms with van der Waals surface area (Å²) in [5, 5.41) is 0.269. The molecule has 6 heteroatoms. The number of hydrogen-bond acceptors (Lipinski definition) is 4. The minimum absolute atomic E-state index is 0.119. The van der Waals surface area contributed by atoms with Gasteiger partial charge < -0.3 is 4.74 Å². The second kappa shape index (κ2) is 6.49. The van der Waals surface area contributed by atoms with Crippen molar-refractivity contribution in [1.29, 1.82) is 0 Å². The normalized spacial score (nSPS) is 18.3. The molecule has 0 saturated carbocycles. The molecule has 21 heavy (non-hydrogen) atoms. The van der Waals surface area contributed by atoms with Crippen molar-refractivity contribution in [3.63, 3.8) is 0 Å². The first-order valence-corrected chi connectivity index (χ1v) is 7.09. The third-order valence-electron chi connectivity index (χ3n) is 3.17. The maximum atomic E-state index is 12.3. The van der Waals surface area contributed by atoms with Crippen molar-refractivity contribution >= 4 is 29.1 Å². The highest BCUT2D eigenvalue weighted by atomic mass is 32.1. The first-order chi connectivity index (χ1) is 10.1. The van der Waals surface area contributed by atoms with Crippen LogP contribution in [-0.4, -0.2) is 39.8 Å². The Balaban J connectivity index is 2.36. The van der Waals surface area contributed by atoms with Crippen molar-refractivity contribution < 1.29 is 14.3 Å². The number of carbonyl (C=O) groups is 2. The van der Waals surface area contributed by atoms with Crippen LogP contribution in [0.5, 0.6) is 0 Å². The first kappa shape index (κ1) is 15.2. The lowest BCUT2D eigenvalue weighted by Crippen LogP contribution is -2.55. The van der Waals surface area contributed by atoms with Gasteiger partial charge >= 0.3 is 0 Å². The molecule has 0 aromatic heterocycles. The number of allylic oxidation sites excluding steroid dienone is 5. The smallest absolute Gasteiger partial charge is 0.265 e. The number of thiocarbonyl (C=S) groups is 1. The predicted molar refractivity (Wildman–Crippen MR) is 82.9 cm³/mol. The van der Waals surface area contributed by atoms with Crippen LogP contribution in [0.15, 0.2) is 48.0 Å². The molecule has 0 aliphatic carbocycles. The van der Waals surface area contributed by atoms with Gasteiger partial charge in [0.2, 0.25) is 0 Å². The molecule has 2 amide bonds. The maximum absolute atomic E-state index is 12.3. The van der Waals surface area contributed by atoms with E-state index in [0.29, 0.717) is 13.1 Å². The topological polar surface area (TPSA) is 49.9 Å². The van der Waals surface area contributed by atoms with Gasteiger partial charge in [-0.25, -0.2) is 0 Å². The molecular weight excluding hydrogens is 288 g/mol. The molecule has 0 atom stereocenters. The number of likely N-dealkylation sites (N-methyl/N-ethyl adjacent to an activating group) is 2. The summed E-state index contributed by atoms with van der Waals surface area (Å²) in [5.74, 6) is -0.705. The molecule has 1 fully saturated rings. The molecule has 0 bridgehead atoms. The van der Waals surface area contributed by atoms with E-state index >= 15 is 0 Å². The van der Waals surface area contributed by atoms with E-state index in [-0.39, 0.29) is 22.5 Å². The van der Waals surface area contributed by atoms with E-state index in [4.69, 9.17) is 17.0 Å². The molecule has 0 N–H and O–H groups in total. The van der Waals surface area contributed by atoms with Crippen molar-refractivity contribution in [1.82, 2.24) is 9.80 Å². The SMILES string of the molecule is CCN1C(=O)C(=CC=C2C=COC=C2)C(=O)N(CC)C1=S. The summed E-state index contributed by atoms with van der Waals surface area (Å²) in [4.78, 5) is 27.6. The van der Waals surface area contributed by atoms with Crippen LogP contribution in [0.3, 0.4) is 0 Å². The standard InChI is InChI=1S/C15H16N2O3S/c1-3-16-13(18)12(14(19)17(4-2)15(16)21)6-5-11-7-9-20-10-8-11/h5-10H,3-4H2,1-2H3. The lowest BCUT2D eigenvalue weighted by Gasteiger charge is -2.35. The van der Waals surface area contributed by atoms with E-state index in [1.54, 1.807) is 18.2 Å². The zero-order valence-corrected chi connectivity index (χ0v) is 12.7. The second-order valence-corrected chi connectivity index (χ2v) is 4.74. The molecule has 1 saturated heterocycles. The monoisotopic (exact) mass is 304 g/mol. The number of nitrogens with zero attached hydrogens (tertiary/aromatic N) is 2. The number of carbonyl (C=O) groups excluding carboxylic acids is 2. The van der Waals surface area contributed by atoms with E-state index in [1.165, 1.54) is 28.4 Å². The van der Waals surface area contributed by atoms with E-state index < -0.39 is 0 Å². The summed E-state index contributed by atoms with van der Waals surface area (Å²) in [6, 6.07) is 0. The molecule has 0 aromatic carbocycles. The van der Waals surface area contributed by atoms with Gasteiger partial charge in [0.25, 0.3) is 11.8 Å². The molecule has 0 aromatic rings. The van der Waals surface area contributed by atoms with E-state index in [0.717, 1.165) is 5.57 Å². The van der Waals surface area contributed by atoms with Crippen LogP contribution in [0, 0.1) is 0 Å². The van der Waals surface area contributed by atoms with Crippen LogP contribution >= 0.6 is 12.2 Å². The average molecular weight is 304 g/mol. The van der Waals surface area contributed by atoms with Gasteiger partial charge in [-0.3, -0.25) is 19.4 Å². The van der Waals surface area contributed by atoms with Crippen molar-refractivity contribution in [2.75, 3.05) is 13.1 Å². The van der Waals surface area contributed by atoms with Crippen LogP contribution in [-0.2, 0) is 14.3 Å². The summed E-state index contributed by atoms with van der Waals surface area (Å²) in [5.41, 5.74) is 0.960. The third kappa shape index (κ3) is 2.95. The van der Waals surface area contributed by atoms with Gasteiger partial charge in [0, 0.05) is 13.1 Å². The summed E-state index contributed by atoms with van der Waals surface area (Å²) in [6.45, 7) is 4.52. The highest BCUT2D eigenvalue weighted by molar-refractivity contribution is 7.80. The van der Waals surface area contributed by atoms with E-state index in [2.05, 4.69) is 0 Å². The second-order valence-electron chi connectivity index (χ2n) is 4.37. The fourth-order valence-electron chi connectivity index (χ4n) is 2.03. The van der Waals surface area contributed by atoms with Gasteiger partial charge in [0.05, 0.1) is 12.5 Å². The van der Waals surface area contributed by atoms with Gasteiger partial charge in [0.15, 0.2) is 5.11 Å². The Bertz CT molecular complexity index is 560. The first-order valence-electron chi connectivity index (χ1n) is 6.68. The fraction of sp³-hybridized carbons (Fsp3) is 0.267.